The van der Waals surface area contributed by atoms with E-state index in [9.17, 15) is 9.59 Å². The molecule has 1 N–H and O–H groups in total. The maximum absolute atomic E-state index is 13.7. The normalized spacial score (nSPS) is 21.2. The van der Waals surface area contributed by atoms with Crippen LogP contribution in [0.25, 0.3) is 0 Å². The highest BCUT2D eigenvalue weighted by atomic mass is 35.5. The van der Waals surface area contributed by atoms with Gasteiger partial charge in [0.2, 0.25) is 0 Å². The molecule has 2 atom stereocenters. The van der Waals surface area contributed by atoms with Gasteiger partial charge >= 0.3 is 0 Å². The topological polar surface area (TPSA) is 49.4 Å². The largest absolute Gasteiger partial charge is 0.338 e. The molecular weight excluding hydrogens is 440 g/mol. The summed E-state index contributed by atoms with van der Waals surface area (Å²) in [6.07, 6.45) is 5.12. The van der Waals surface area contributed by atoms with E-state index < -0.39 is 0 Å². The van der Waals surface area contributed by atoms with Gasteiger partial charge in [-0.2, -0.15) is 0 Å². The summed E-state index contributed by atoms with van der Waals surface area (Å²) in [5.41, 5.74) is 2.51. The minimum absolute atomic E-state index is 0.0673. The lowest BCUT2D eigenvalue weighted by Crippen LogP contribution is -2.39. The first-order valence-corrected chi connectivity index (χ1v) is 12.8. The van der Waals surface area contributed by atoms with Gasteiger partial charge in [0.15, 0.2) is 0 Å². The summed E-state index contributed by atoms with van der Waals surface area (Å²) in [5, 5.41) is 4.15. The Labute approximate surface area is 200 Å². The van der Waals surface area contributed by atoms with Crippen LogP contribution in [0.15, 0.2) is 24.3 Å². The van der Waals surface area contributed by atoms with Crippen LogP contribution < -0.4 is 5.32 Å². The van der Waals surface area contributed by atoms with E-state index >= 15 is 0 Å². The molecule has 2 amide bonds. The smallest absolute Gasteiger partial charge is 0.257 e. The van der Waals surface area contributed by atoms with Crippen LogP contribution in [0, 0.1) is 17.3 Å². The molecule has 1 aliphatic heterocycles. The van der Waals surface area contributed by atoms with Gasteiger partial charge in [-0.25, -0.2) is 0 Å². The van der Waals surface area contributed by atoms with Crippen LogP contribution >= 0.6 is 22.9 Å². The van der Waals surface area contributed by atoms with Crippen LogP contribution in [0.2, 0.25) is 5.02 Å². The molecule has 1 aromatic heterocycles. The van der Waals surface area contributed by atoms with E-state index in [-0.39, 0.29) is 17.2 Å². The van der Waals surface area contributed by atoms with Gasteiger partial charge in [0, 0.05) is 18.0 Å². The standard InChI is InChI=1S/C26H33ClN2O2S/c1-16-8-7-13-29(15-16)25(31)22-19-12-11-17(26(2,3)4)14-21(19)32-24(22)28-23(30)18-9-5-6-10-20(18)27/h5-6,9-10,16-17H,7-8,11-15H2,1-4H3,(H,28,30). The average Bonchev–Trinajstić information content (AvgIpc) is 3.09. The Balaban J connectivity index is 1.70. The number of nitrogens with zero attached hydrogens (tertiary/aromatic N) is 1. The number of hydrogen-bond donors (Lipinski definition) is 1. The van der Waals surface area contributed by atoms with E-state index in [0.29, 0.717) is 33.0 Å². The minimum Gasteiger partial charge on any atom is -0.338 e. The molecule has 0 bridgehead atoms. The van der Waals surface area contributed by atoms with Gasteiger partial charge in [0.1, 0.15) is 5.00 Å². The fourth-order valence-electron chi connectivity index (χ4n) is 4.99. The van der Waals surface area contributed by atoms with Crippen molar-refractivity contribution in [3.05, 3.63) is 50.9 Å². The summed E-state index contributed by atoms with van der Waals surface area (Å²) in [4.78, 5) is 30.0. The SMILES string of the molecule is CC1CCCN(C(=O)c2c(NC(=O)c3ccccc3Cl)sc3c2CCC(C(C)(C)C)C3)C1. The number of halogens is 1. The zero-order valence-electron chi connectivity index (χ0n) is 19.5. The summed E-state index contributed by atoms with van der Waals surface area (Å²) < 4.78 is 0. The van der Waals surface area contributed by atoms with E-state index in [0.717, 1.165) is 50.8 Å². The Kier molecular flexibility index (Phi) is 6.69. The number of thiophene rings is 1. The Bertz CT molecular complexity index is 1020. The van der Waals surface area contributed by atoms with E-state index in [1.807, 2.05) is 11.0 Å². The Morgan fingerprint density at radius 1 is 1.19 bits per heavy atom. The summed E-state index contributed by atoms with van der Waals surface area (Å²) >= 11 is 7.84. The third-order valence-corrected chi connectivity index (χ3v) is 8.49. The van der Waals surface area contributed by atoms with Crippen molar-refractivity contribution in [1.82, 2.24) is 4.90 Å². The number of rotatable bonds is 3. The molecule has 1 saturated heterocycles. The van der Waals surface area contributed by atoms with E-state index in [1.165, 1.54) is 4.88 Å². The molecule has 0 radical (unpaired) electrons. The van der Waals surface area contributed by atoms with Crippen molar-refractivity contribution in [3.8, 4) is 0 Å². The number of nitrogens with one attached hydrogen (secondary N) is 1. The predicted molar refractivity (Wildman–Crippen MR) is 133 cm³/mol. The molecule has 0 saturated carbocycles. The molecule has 2 aromatic rings. The lowest BCUT2D eigenvalue weighted by molar-refractivity contribution is 0.0683. The zero-order chi connectivity index (χ0) is 23.0. The van der Waals surface area contributed by atoms with Gasteiger partial charge in [-0.15, -0.1) is 11.3 Å². The van der Waals surface area contributed by atoms with Gasteiger partial charge in [-0.3, -0.25) is 9.59 Å². The molecule has 0 spiro atoms. The number of anilines is 1. The highest BCUT2D eigenvalue weighted by Gasteiger charge is 2.36. The van der Waals surface area contributed by atoms with Crippen LogP contribution in [0.3, 0.4) is 0 Å². The molecule has 4 rings (SSSR count). The van der Waals surface area contributed by atoms with E-state index in [4.69, 9.17) is 11.6 Å². The maximum atomic E-state index is 13.7. The van der Waals surface area contributed by atoms with Crippen LogP contribution in [-0.4, -0.2) is 29.8 Å². The van der Waals surface area contributed by atoms with E-state index in [1.54, 1.807) is 29.5 Å². The number of hydrogen-bond acceptors (Lipinski definition) is 3. The molecule has 4 nitrogen and oxygen atoms in total. The van der Waals surface area contributed by atoms with Crippen molar-refractivity contribution in [2.24, 2.45) is 17.3 Å². The lowest BCUT2D eigenvalue weighted by atomic mass is 9.72. The van der Waals surface area contributed by atoms with Crippen molar-refractivity contribution >= 4 is 39.8 Å². The van der Waals surface area contributed by atoms with Crippen LogP contribution in [0.4, 0.5) is 5.00 Å². The first-order valence-electron chi connectivity index (χ1n) is 11.6. The lowest BCUT2D eigenvalue weighted by Gasteiger charge is -2.34. The molecule has 2 heterocycles. The van der Waals surface area contributed by atoms with Gasteiger partial charge < -0.3 is 10.2 Å². The Morgan fingerprint density at radius 3 is 2.62 bits per heavy atom. The summed E-state index contributed by atoms with van der Waals surface area (Å²) in [6, 6.07) is 7.04. The fraction of sp³-hybridized carbons (Fsp3) is 0.538. The van der Waals surface area contributed by atoms with Crippen molar-refractivity contribution in [1.29, 1.82) is 0 Å². The second-order valence-corrected chi connectivity index (χ2v) is 12.0. The second kappa shape index (κ2) is 9.18. The molecular formula is C26H33ClN2O2S. The maximum Gasteiger partial charge on any atom is 0.257 e. The van der Waals surface area contributed by atoms with Crippen LogP contribution in [0.5, 0.6) is 0 Å². The molecule has 172 valence electrons. The Morgan fingerprint density at radius 2 is 1.94 bits per heavy atom. The molecule has 1 aromatic carbocycles. The molecule has 6 heteroatoms. The zero-order valence-corrected chi connectivity index (χ0v) is 21.0. The van der Waals surface area contributed by atoms with Gasteiger partial charge in [0.05, 0.1) is 16.1 Å². The van der Waals surface area contributed by atoms with Crippen molar-refractivity contribution < 1.29 is 9.59 Å². The average molecular weight is 473 g/mol. The second-order valence-electron chi connectivity index (χ2n) is 10.4. The predicted octanol–water partition coefficient (Wildman–Crippen LogP) is 6.68. The third-order valence-electron chi connectivity index (χ3n) is 6.99. The molecule has 1 aliphatic carbocycles. The quantitative estimate of drug-likeness (QED) is 0.541. The first-order chi connectivity index (χ1) is 15.1. The fourth-order valence-corrected chi connectivity index (χ4v) is 6.52. The number of benzene rings is 1. The first kappa shape index (κ1) is 23.3. The van der Waals surface area contributed by atoms with Gasteiger partial charge in [-0.1, -0.05) is 51.4 Å². The van der Waals surface area contributed by atoms with Crippen molar-refractivity contribution in [3.63, 3.8) is 0 Å². The summed E-state index contributed by atoms with van der Waals surface area (Å²) in [5.74, 6) is 0.882. The number of likely N-dealkylation sites (tertiary alicyclic amines) is 1. The number of carbonyl (C=O) groups is 2. The van der Waals surface area contributed by atoms with Crippen molar-refractivity contribution in [2.45, 2.75) is 59.8 Å². The van der Waals surface area contributed by atoms with E-state index in [2.05, 4.69) is 33.0 Å². The number of fused-ring (bicyclic) bond motifs is 1. The Hall–Kier alpha value is -1.85. The summed E-state index contributed by atoms with van der Waals surface area (Å²) in [6.45, 7) is 10.6. The van der Waals surface area contributed by atoms with Crippen molar-refractivity contribution in [2.75, 3.05) is 18.4 Å². The molecule has 2 aliphatic rings. The highest BCUT2D eigenvalue weighted by molar-refractivity contribution is 7.17. The number of carbonyl (C=O) groups excluding carboxylic acids is 2. The number of piperidine rings is 1. The molecule has 1 fully saturated rings. The summed E-state index contributed by atoms with van der Waals surface area (Å²) in [7, 11) is 0. The van der Waals surface area contributed by atoms with Crippen LogP contribution in [0.1, 0.15) is 78.1 Å². The number of amides is 2. The van der Waals surface area contributed by atoms with Crippen LogP contribution in [-0.2, 0) is 12.8 Å². The third kappa shape index (κ3) is 4.74. The minimum atomic E-state index is -0.261. The highest BCUT2D eigenvalue weighted by Crippen LogP contribution is 2.45. The monoisotopic (exact) mass is 472 g/mol. The van der Waals surface area contributed by atoms with Gasteiger partial charge in [-0.05, 0) is 67.1 Å². The van der Waals surface area contributed by atoms with Gasteiger partial charge in [0.25, 0.3) is 11.8 Å². The molecule has 2 unspecified atom stereocenters. The molecule has 32 heavy (non-hydrogen) atoms.